The van der Waals surface area contributed by atoms with Gasteiger partial charge in [0.15, 0.2) is 5.78 Å². The molecular formula is C8H12O. The summed E-state index contributed by atoms with van der Waals surface area (Å²) in [4.78, 5) is 10.7. The summed E-state index contributed by atoms with van der Waals surface area (Å²) in [7, 11) is 0. The van der Waals surface area contributed by atoms with Crippen LogP contribution in [0.4, 0.5) is 0 Å². The van der Waals surface area contributed by atoms with Crippen LogP contribution in [0, 0.1) is 5.92 Å². The molecule has 9 heavy (non-hydrogen) atoms. The number of rotatable bonds is 1. The second-order valence-electron chi connectivity index (χ2n) is 2.76. The normalized spacial score (nSPS) is 26.0. The molecule has 0 aromatic carbocycles. The monoisotopic (exact) mass is 124 g/mol. The van der Waals surface area contributed by atoms with Gasteiger partial charge in [-0.25, -0.2) is 0 Å². The van der Waals surface area contributed by atoms with Gasteiger partial charge in [0.05, 0.1) is 0 Å². The fourth-order valence-electron chi connectivity index (χ4n) is 1.19. The van der Waals surface area contributed by atoms with E-state index in [4.69, 9.17) is 0 Å². The molecule has 0 saturated heterocycles. The number of carbonyl (C=O) groups is 1. The number of allylic oxidation sites excluding steroid dienone is 2. The lowest BCUT2D eigenvalue weighted by molar-refractivity contribution is -0.113. The van der Waals surface area contributed by atoms with Crippen LogP contribution in [0.1, 0.15) is 26.7 Å². The van der Waals surface area contributed by atoms with E-state index in [1.165, 1.54) is 0 Å². The Morgan fingerprint density at radius 2 is 2.44 bits per heavy atom. The molecule has 0 saturated carbocycles. The van der Waals surface area contributed by atoms with Crippen LogP contribution >= 0.6 is 0 Å². The number of hydrogen-bond donors (Lipinski definition) is 0. The maximum absolute atomic E-state index is 10.7. The minimum Gasteiger partial charge on any atom is -0.295 e. The lowest BCUT2D eigenvalue weighted by Crippen LogP contribution is -1.90. The van der Waals surface area contributed by atoms with Crippen LogP contribution in [-0.2, 0) is 4.79 Å². The molecule has 0 spiro atoms. The first-order valence-corrected chi connectivity index (χ1v) is 3.42. The lowest BCUT2D eigenvalue weighted by Gasteiger charge is -1.89. The van der Waals surface area contributed by atoms with Gasteiger partial charge in [-0.05, 0) is 31.3 Å². The molecule has 1 heteroatoms. The highest BCUT2D eigenvalue weighted by atomic mass is 16.1. The zero-order valence-electron chi connectivity index (χ0n) is 5.98. The van der Waals surface area contributed by atoms with Crippen LogP contribution in [0.25, 0.3) is 0 Å². The van der Waals surface area contributed by atoms with Gasteiger partial charge in [-0.3, -0.25) is 4.79 Å². The quantitative estimate of drug-likeness (QED) is 0.522. The maximum Gasteiger partial charge on any atom is 0.155 e. The van der Waals surface area contributed by atoms with E-state index < -0.39 is 0 Å². The molecule has 0 heterocycles. The van der Waals surface area contributed by atoms with E-state index in [0.717, 1.165) is 18.4 Å². The van der Waals surface area contributed by atoms with Crippen molar-refractivity contribution >= 4 is 5.78 Å². The average molecular weight is 124 g/mol. The van der Waals surface area contributed by atoms with E-state index in [1.807, 2.05) is 0 Å². The zero-order valence-corrected chi connectivity index (χ0v) is 5.98. The topological polar surface area (TPSA) is 17.1 Å². The van der Waals surface area contributed by atoms with Crippen molar-refractivity contribution < 1.29 is 4.79 Å². The number of Topliss-reactive ketones (excluding diaryl/α,β-unsaturated/α-hetero) is 1. The van der Waals surface area contributed by atoms with E-state index in [9.17, 15) is 4.79 Å². The maximum atomic E-state index is 10.7. The lowest BCUT2D eigenvalue weighted by atomic mass is 10.2. The Kier molecular flexibility index (Phi) is 1.70. The van der Waals surface area contributed by atoms with Gasteiger partial charge in [0.1, 0.15) is 0 Å². The van der Waals surface area contributed by atoms with E-state index in [2.05, 4.69) is 13.0 Å². The summed E-state index contributed by atoms with van der Waals surface area (Å²) in [5, 5.41) is 0. The molecule has 1 nitrogen and oxygen atoms in total. The van der Waals surface area contributed by atoms with Gasteiger partial charge >= 0.3 is 0 Å². The highest BCUT2D eigenvalue weighted by Gasteiger charge is 2.13. The average Bonchev–Trinajstić information content (AvgIpc) is 2.14. The van der Waals surface area contributed by atoms with Crippen LogP contribution < -0.4 is 0 Å². The van der Waals surface area contributed by atoms with Crippen LogP contribution in [0.2, 0.25) is 0 Å². The van der Waals surface area contributed by atoms with Crippen molar-refractivity contribution in [1.82, 2.24) is 0 Å². The predicted octanol–water partition coefficient (Wildman–Crippen LogP) is 1.93. The summed E-state index contributed by atoms with van der Waals surface area (Å²) in [5.41, 5.74) is 1.03. The number of ketones is 1. The Morgan fingerprint density at radius 1 is 1.78 bits per heavy atom. The summed E-state index contributed by atoms with van der Waals surface area (Å²) in [6.45, 7) is 3.79. The summed E-state index contributed by atoms with van der Waals surface area (Å²) in [5.74, 6) is 0.878. The number of hydrogen-bond acceptors (Lipinski definition) is 1. The molecule has 1 unspecified atom stereocenters. The van der Waals surface area contributed by atoms with E-state index in [0.29, 0.717) is 5.92 Å². The van der Waals surface area contributed by atoms with Crippen LogP contribution in [0.3, 0.4) is 0 Å². The first kappa shape index (κ1) is 6.53. The van der Waals surface area contributed by atoms with Crippen LogP contribution in [-0.4, -0.2) is 5.78 Å². The van der Waals surface area contributed by atoms with E-state index in [1.54, 1.807) is 6.92 Å². The Labute approximate surface area is 55.8 Å². The van der Waals surface area contributed by atoms with Crippen molar-refractivity contribution in [3.8, 4) is 0 Å². The molecule has 1 atom stereocenters. The highest BCUT2D eigenvalue weighted by molar-refractivity contribution is 5.93. The summed E-state index contributed by atoms with van der Waals surface area (Å²) >= 11 is 0. The Bertz CT molecular complexity index is 156. The fraction of sp³-hybridized carbons (Fsp3) is 0.625. The molecule has 0 amide bonds. The van der Waals surface area contributed by atoms with Gasteiger partial charge in [0.2, 0.25) is 0 Å². The standard InChI is InChI=1S/C8H12O/c1-6-3-4-8(5-6)7(2)9/h5-6H,3-4H2,1-2H3. The van der Waals surface area contributed by atoms with Gasteiger partial charge in [-0.15, -0.1) is 0 Å². The third-order valence-electron chi connectivity index (χ3n) is 1.81. The molecule has 0 aliphatic heterocycles. The molecule has 0 N–H and O–H groups in total. The summed E-state index contributed by atoms with van der Waals surface area (Å²) < 4.78 is 0. The number of carbonyl (C=O) groups excluding carboxylic acids is 1. The van der Waals surface area contributed by atoms with Gasteiger partial charge in [-0.2, -0.15) is 0 Å². The molecule has 1 aliphatic rings. The zero-order chi connectivity index (χ0) is 6.85. The third kappa shape index (κ3) is 1.41. The molecular weight excluding hydrogens is 112 g/mol. The third-order valence-corrected chi connectivity index (χ3v) is 1.81. The summed E-state index contributed by atoms with van der Waals surface area (Å²) in [6.07, 6.45) is 4.24. The van der Waals surface area contributed by atoms with Crippen molar-refractivity contribution in [2.45, 2.75) is 26.7 Å². The van der Waals surface area contributed by atoms with Crippen molar-refractivity contribution in [3.63, 3.8) is 0 Å². The Hall–Kier alpha value is -0.590. The minimum absolute atomic E-state index is 0.249. The molecule has 0 radical (unpaired) electrons. The molecule has 1 rings (SSSR count). The first-order chi connectivity index (χ1) is 4.20. The summed E-state index contributed by atoms with van der Waals surface area (Å²) in [6, 6.07) is 0. The predicted molar refractivity (Wildman–Crippen MR) is 37.2 cm³/mol. The molecule has 0 bridgehead atoms. The first-order valence-electron chi connectivity index (χ1n) is 3.42. The second-order valence-corrected chi connectivity index (χ2v) is 2.76. The van der Waals surface area contributed by atoms with Gasteiger partial charge in [0, 0.05) is 0 Å². The van der Waals surface area contributed by atoms with Crippen molar-refractivity contribution in [2.24, 2.45) is 5.92 Å². The molecule has 50 valence electrons. The molecule has 0 fully saturated rings. The molecule has 1 aliphatic carbocycles. The van der Waals surface area contributed by atoms with Crippen LogP contribution in [0.5, 0.6) is 0 Å². The van der Waals surface area contributed by atoms with Gasteiger partial charge < -0.3 is 0 Å². The van der Waals surface area contributed by atoms with Gasteiger partial charge in [-0.1, -0.05) is 13.0 Å². The molecule has 0 aromatic heterocycles. The Morgan fingerprint density at radius 3 is 2.67 bits per heavy atom. The van der Waals surface area contributed by atoms with E-state index in [-0.39, 0.29) is 5.78 Å². The molecule has 0 aromatic rings. The second kappa shape index (κ2) is 2.34. The SMILES string of the molecule is CC(=O)C1=CC(C)CC1. The van der Waals surface area contributed by atoms with Gasteiger partial charge in [0.25, 0.3) is 0 Å². The van der Waals surface area contributed by atoms with Crippen LogP contribution in [0.15, 0.2) is 11.6 Å². The largest absolute Gasteiger partial charge is 0.295 e. The minimum atomic E-state index is 0.249. The van der Waals surface area contributed by atoms with Crippen molar-refractivity contribution in [2.75, 3.05) is 0 Å². The Balaban J connectivity index is 2.62. The van der Waals surface area contributed by atoms with E-state index >= 15 is 0 Å². The smallest absolute Gasteiger partial charge is 0.155 e. The van der Waals surface area contributed by atoms with Crippen molar-refractivity contribution in [3.05, 3.63) is 11.6 Å². The highest BCUT2D eigenvalue weighted by Crippen LogP contribution is 2.23. The van der Waals surface area contributed by atoms with Crippen molar-refractivity contribution in [1.29, 1.82) is 0 Å². The fourth-order valence-corrected chi connectivity index (χ4v) is 1.19.